The molecular weight excluding hydrogens is 394 g/mol. The van der Waals surface area contributed by atoms with E-state index in [-0.39, 0.29) is 11.8 Å². The van der Waals surface area contributed by atoms with Gasteiger partial charge in [-0.1, -0.05) is 5.16 Å². The first kappa shape index (κ1) is 18.7. The SMILES string of the molecule is Cc1ccc(C(=O)N2CC3(C2)CN(S(C)(=O)=O)CC3c2nc(C3CC3)no2)cn1. The number of amides is 1. The van der Waals surface area contributed by atoms with Crippen molar-refractivity contribution in [2.24, 2.45) is 5.41 Å². The smallest absolute Gasteiger partial charge is 0.255 e. The van der Waals surface area contributed by atoms with Crippen LogP contribution >= 0.6 is 0 Å². The Bertz CT molecular complexity index is 1050. The predicted molar refractivity (Wildman–Crippen MR) is 103 cm³/mol. The van der Waals surface area contributed by atoms with Crippen LogP contribution in [0.3, 0.4) is 0 Å². The van der Waals surface area contributed by atoms with Crippen molar-refractivity contribution in [1.82, 2.24) is 24.3 Å². The van der Waals surface area contributed by atoms with Gasteiger partial charge in [0.1, 0.15) is 0 Å². The van der Waals surface area contributed by atoms with E-state index in [2.05, 4.69) is 15.1 Å². The Morgan fingerprint density at radius 1 is 1.24 bits per heavy atom. The topological polar surface area (TPSA) is 110 Å². The molecule has 1 atom stereocenters. The van der Waals surface area contributed by atoms with Crippen LogP contribution in [0.1, 0.15) is 52.4 Å². The van der Waals surface area contributed by atoms with Crippen molar-refractivity contribution in [3.63, 3.8) is 0 Å². The summed E-state index contributed by atoms with van der Waals surface area (Å²) in [5.41, 5.74) is 0.988. The average molecular weight is 417 g/mol. The average Bonchev–Trinajstić information content (AvgIpc) is 3.22. The summed E-state index contributed by atoms with van der Waals surface area (Å²) in [6, 6.07) is 3.58. The van der Waals surface area contributed by atoms with Gasteiger partial charge in [-0.15, -0.1) is 0 Å². The zero-order chi connectivity index (χ0) is 20.4. The first-order valence-corrected chi connectivity index (χ1v) is 11.6. The van der Waals surface area contributed by atoms with E-state index < -0.39 is 15.4 Å². The summed E-state index contributed by atoms with van der Waals surface area (Å²) < 4.78 is 31.4. The molecule has 0 aromatic carbocycles. The van der Waals surface area contributed by atoms with Crippen molar-refractivity contribution in [2.75, 3.05) is 32.4 Å². The number of sulfonamides is 1. The first-order valence-electron chi connectivity index (χ1n) is 9.76. The molecule has 2 aromatic rings. The number of aromatic nitrogens is 3. The second kappa shape index (κ2) is 6.33. The number of carbonyl (C=O) groups is 1. The molecule has 2 saturated heterocycles. The number of hydrogen-bond acceptors (Lipinski definition) is 7. The minimum absolute atomic E-state index is 0.0936. The van der Waals surface area contributed by atoms with Gasteiger partial charge in [0.2, 0.25) is 15.9 Å². The Morgan fingerprint density at radius 2 is 2.00 bits per heavy atom. The normalized spacial score (nSPS) is 24.1. The van der Waals surface area contributed by atoms with Crippen LogP contribution in [0.25, 0.3) is 0 Å². The second-order valence-electron chi connectivity index (χ2n) is 8.59. The molecule has 1 amide bonds. The van der Waals surface area contributed by atoms with Gasteiger partial charge in [-0.2, -0.15) is 4.98 Å². The third-order valence-corrected chi connectivity index (χ3v) is 7.46. The molecule has 1 aliphatic carbocycles. The maximum atomic E-state index is 12.8. The van der Waals surface area contributed by atoms with Crippen LogP contribution in [-0.4, -0.2) is 71.1 Å². The van der Waals surface area contributed by atoms with Crippen LogP contribution in [0.5, 0.6) is 0 Å². The van der Waals surface area contributed by atoms with E-state index in [0.29, 0.717) is 49.4 Å². The molecule has 2 aromatic heterocycles. The lowest BCUT2D eigenvalue weighted by Crippen LogP contribution is -2.61. The van der Waals surface area contributed by atoms with Crippen molar-refractivity contribution < 1.29 is 17.7 Å². The van der Waals surface area contributed by atoms with Crippen molar-refractivity contribution >= 4 is 15.9 Å². The lowest BCUT2D eigenvalue weighted by Gasteiger charge is -2.50. The van der Waals surface area contributed by atoms with E-state index in [1.165, 1.54) is 10.6 Å². The summed E-state index contributed by atoms with van der Waals surface area (Å²) >= 11 is 0. The van der Waals surface area contributed by atoms with E-state index >= 15 is 0 Å². The molecule has 29 heavy (non-hydrogen) atoms. The molecule has 5 rings (SSSR count). The fourth-order valence-corrected chi connectivity index (χ4v) is 5.28. The van der Waals surface area contributed by atoms with Crippen molar-refractivity contribution in [2.45, 2.75) is 31.6 Å². The lowest BCUT2D eigenvalue weighted by atomic mass is 9.71. The Morgan fingerprint density at radius 3 is 2.62 bits per heavy atom. The number of hydrogen-bond donors (Lipinski definition) is 0. The third kappa shape index (κ3) is 3.24. The number of rotatable bonds is 4. The zero-order valence-corrected chi connectivity index (χ0v) is 17.2. The fourth-order valence-electron chi connectivity index (χ4n) is 4.37. The van der Waals surface area contributed by atoms with Gasteiger partial charge < -0.3 is 9.42 Å². The summed E-state index contributed by atoms with van der Waals surface area (Å²) in [4.78, 5) is 23.3. The molecule has 2 aliphatic heterocycles. The van der Waals surface area contributed by atoms with Gasteiger partial charge in [-0.3, -0.25) is 9.78 Å². The Labute approximate surface area is 169 Å². The van der Waals surface area contributed by atoms with E-state index in [1.54, 1.807) is 17.2 Å². The van der Waals surface area contributed by atoms with E-state index in [4.69, 9.17) is 4.52 Å². The Kier molecular flexibility index (Phi) is 4.08. The molecule has 9 nitrogen and oxygen atoms in total. The number of likely N-dealkylation sites (tertiary alicyclic amines) is 1. The van der Waals surface area contributed by atoms with Crippen LogP contribution < -0.4 is 0 Å². The molecule has 3 aliphatic rings. The highest BCUT2D eigenvalue weighted by molar-refractivity contribution is 7.88. The second-order valence-corrected chi connectivity index (χ2v) is 10.6. The Balaban J connectivity index is 1.39. The van der Waals surface area contributed by atoms with Crippen molar-refractivity contribution in [3.05, 3.63) is 41.3 Å². The van der Waals surface area contributed by atoms with Gasteiger partial charge in [0.15, 0.2) is 5.82 Å². The number of carbonyl (C=O) groups excluding carboxylic acids is 1. The molecule has 0 bridgehead atoms. The maximum absolute atomic E-state index is 12.8. The lowest BCUT2D eigenvalue weighted by molar-refractivity contribution is 0.00128. The molecule has 1 saturated carbocycles. The van der Waals surface area contributed by atoms with Gasteiger partial charge >= 0.3 is 0 Å². The van der Waals surface area contributed by atoms with E-state index in [1.807, 2.05) is 13.0 Å². The molecule has 0 N–H and O–H groups in total. The highest BCUT2D eigenvalue weighted by atomic mass is 32.2. The van der Waals surface area contributed by atoms with Gasteiger partial charge in [-0.05, 0) is 31.9 Å². The summed E-state index contributed by atoms with van der Waals surface area (Å²) in [6.07, 6.45) is 4.93. The Hall–Kier alpha value is -2.33. The van der Waals surface area contributed by atoms with Crippen LogP contribution in [0.4, 0.5) is 0 Å². The molecule has 154 valence electrons. The van der Waals surface area contributed by atoms with Crippen LogP contribution in [-0.2, 0) is 10.0 Å². The maximum Gasteiger partial charge on any atom is 0.255 e. The molecule has 4 heterocycles. The van der Waals surface area contributed by atoms with Crippen molar-refractivity contribution in [3.8, 4) is 0 Å². The van der Waals surface area contributed by atoms with Gasteiger partial charge in [0.05, 0.1) is 17.7 Å². The summed E-state index contributed by atoms with van der Waals surface area (Å²) in [5, 5.41) is 4.10. The highest BCUT2D eigenvalue weighted by Gasteiger charge is 2.59. The number of nitrogens with zero attached hydrogens (tertiary/aromatic N) is 5. The minimum Gasteiger partial charge on any atom is -0.339 e. The standard InChI is InChI=1S/C19H23N5O4S/c1-12-3-4-14(7-20-12)18(25)23-9-19(10-23)11-24(29(2,26)27)8-15(19)17-21-16(22-28-17)13-5-6-13/h3-4,7,13,15H,5-6,8-11H2,1-2H3. The van der Waals surface area contributed by atoms with Gasteiger partial charge in [-0.25, -0.2) is 12.7 Å². The molecule has 0 radical (unpaired) electrons. The minimum atomic E-state index is -3.35. The molecule has 1 spiro atoms. The fraction of sp³-hybridized carbons (Fsp3) is 0.579. The van der Waals surface area contributed by atoms with E-state index in [0.717, 1.165) is 18.5 Å². The molecule has 3 fully saturated rings. The molecule has 10 heteroatoms. The molecule has 1 unspecified atom stereocenters. The van der Waals surface area contributed by atoms with Gasteiger partial charge in [0, 0.05) is 49.4 Å². The van der Waals surface area contributed by atoms with Crippen LogP contribution in [0.15, 0.2) is 22.9 Å². The molecular formula is C19H23N5O4S. The van der Waals surface area contributed by atoms with Crippen LogP contribution in [0.2, 0.25) is 0 Å². The largest absolute Gasteiger partial charge is 0.339 e. The quantitative estimate of drug-likeness (QED) is 0.734. The van der Waals surface area contributed by atoms with Crippen molar-refractivity contribution in [1.29, 1.82) is 0 Å². The first-order chi connectivity index (χ1) is 13.7. The highest BCUT2D eigenvalue weighted by Crippen LogP contribution is 2.50. The monoisotopic (exact) mass is 417 g/mol. The predicted octanol–water partition coefficient (Wildman–Crippen LogP) is 1.15. The summed E-state index contributed by atoms with van der Waals surface area (Å²) in [7, 11) is -3.35. The van der Waals surface area contributed by atoms with E-state index in [9.17, 15) is 13.2 Å². The summed E-state index contributed by atoms with van der Waals surface area (Å²) in [6.45, 7) is 3.44. The van der Waals surface area contributed by atoms with Crippen LogP contribution in [0, 0.1) is 12.3 Å². The number of pyridine rings is 1. The summed E-state index contributed by atoms with van der Waals surface area (Å²) in [5.74, 6) is 1.26. The number of aryl methyl sites for hydroxylation is 1. The zero-order valence-electron chi connectivity index (χ0n) is 16.4. The van der Waals surface area contributed by atoms with Gasteiger partial charge in [0.25, 0.3) is 5.91 Å². The third-order valence-electron chi connectivity index (χ3n) is 6.24.